The van der Waals surface area contributed by atoms with Gasteiger partial charge in [-0.3, -0.25) is 4.98 Å². The molecular formula is C17H16FNO2. The van der Waals surface area contributed by atoms with Crippen molar-refractivity contribution in [3.8, 4) is 17.6 Å². The summed E-state index contributed by atoms with van der Waals surface area (Å²) in [4.78, 5) is 3.94. The van der Waals surface area contributed by atoms with Gasteiger partial charge in [0.05, 0.1) is 18.8 Å². The predicted molar refractivity (Wildman–Crippen MR) is 78.4 cm³/mol. The Morgan fingerprint density at radius 3 is 2.71 bits per heavy atom. The van der Waals surface area contributed by atoms with E-state index in [1.54, 1.807) is 24.5 Å². The van der Waals surface area contributed by atoms with E-state index in [1.165, 1.54) is 6.07 Å². The van der Waals surface area contributed by atoms with Crippen LogP contribution in [0.2, 0.25) is 0 Å². The van der Waals surface area contributed by atoms with Crippen molar-refractivity contribution in [1.82, 2.24) is 4.98 Å². The lowest BCUT2D eigenvalue weighted by atomic mass is 10.2. The summed E-state index contributed by atoms with van der Waals surface area (Å²) in [5.41, 5.74) is 1.43. The van der Waals surface area contributed by atoms with E-state index in [1.807, 2.05) is 12.1 Å². The highest BCUT2D eigenvalue weighted by Gasteiger charge is 2.02. The molecule has 0 saturated heterocycles. The molecule has 0 fully saturated rings. The maximum atomic E-state index is 13.8. The molecular weight excluding hydrogens is 269 g/mol. The molecule has 0 spiro atoms. The van der Waals surface area contributed by atoms with Crippen molar-refractivity contribution >= 4 is 0 Å². The largest absolute Gasteiger partial charge is 0.493 e. The summed E-state index contributed by atoms with van der Waals surface area (Å²) in [5.74, 6) is 5.43. The van der Waals surface area contributed by atoms with E-state index in [9.17, 15) is 4.39 Å². The Morgan fingerprint density at radius 1 is 1.19 bits per heavy atom. The molecule has 0 bridgehead atoms. The molecule has 0 radical (unpaired) electrons. The van der Waals surface area contributed by atoms with E-state index in [-0.39, 0.29) is 6.61 Å². The molecule has 0 unspecified atom stereocenters. The van der Waals surface area contributed by atoms with Gasteiger partial charge in [0, 0.05) is 31.3 Å². The molecule has 4 heteroatoms. The van der Waals surface area contributed by atoms with E-state index in [0.717, 1.165) is 12.0 Å². The van der Waals surface area contributed by atoms with Crippen molar-refractivity contribution in [2.45, 2.75) is 12.8 Å². The number of aliphatic hydroxyl groups is 1. The molecule has 108 valence electrons. The topological polar surface area (TPSA) is 42.4 Å². The highest BCUT2D eigenvalue weighted by Crippen LogP contribution is 2.16. The molecule has 0 saturated carbocycles. The number of benzene rings is 1. The molecule has 0 aliphatic heterocycles. The van der Waals surface area contributed by atoms with Crippen LogP contribution in [0.1, 0.15) is 17.5 Å². The number of rotatable bonds is 5. The lowest BCUT2D eigenvalue weighted by molar-refractivity contribution is 0.305. The maximum Gasteiger partial charge on any atom is 0.142 e. The Morgan fingerprint density at radius 2 is 2.00 bits per heavy atom. The minimum atomic E-state index is -0.415. The summed E-state index contributed by atoms with van der Waals surface area (Å²) in [7, 11) is 0. The lowest BCUT2D eigenvalue weighted by Crippen LogP contribution is -2.02. The third kappa shape index (κ3) is 4.90. The zero-order valence-corrected chi connectivity index (χ0v) is 11.6. The molecule has 1 aromatic carbocycles. The molecule has 21 heavy (non-hydrogen) atoms. The number of hydrogen-bond acceptors (Lipinski definition) is 3. The highest BCUT2D eigenvalue weighted by atomic mass is 19.1. The predicted octanol–water partition coefficient (Wildman–Crippen LogP) is 2.58. The van der Waals surface area contributed by atoms with Gasteiger partial charge in [0.1, 0.15) is 11.6 Å². The Bertz CT molecular complexity index is 632. The van der Waals surface area contributed by atoms with Crippen LogP contribution in [0.25, 0.3) is 0 Å². The first-order chi connectivity index (χ1) is 10.3. The van der Waals surface area contributed by atoms with E-state index in [4.69, 9.17) is 9.84 Å². The molecule has 1 N–H and O–H groups in total. The summed E-state index contributed by atoms with van der Waals surface area (Å²) >= 11 is 0. The molecule has 1 aromatic heterocycles. The standard InChI is InChI=1S/C17H16FNO2/c18-17-13-16(5-4-15(17)3-1-2-11-20)21-12-8-14-6-9-19-10-7-14/h4-7,9-10,13,20H,2,8,11-12H2. The summed E-state index contributed by atoms with van der Waals surface area (Å²) in [5, 5.41) is 8.63. The van der Waals surface area contributed by atoms with Gasteiger partial charge in [-0.05, 0) is 29.8 Å². The first-order valence-electron chi connectivity index (χ1n) is 6.70. The van der Waals surface area contributed by atoms with E-state index >= 15 is 0 Å². The fraction of sp³-hybridized carbons (Fsp3) is 0.235. The fourth-order valence-corrected chi connectivity index (χ4v) is 1.74. The van der Waals surface area contributed by atoms with E-state index in [0.29, 0.717) is 24.3 Å². The second-order valence-electron chi connectivity index (χ2n) is 4.37. The highest BCUT2D eigenvalue weighted by molar-refractivity contribution is 5.39. The summed E-state index contributed by atoms with van der Waals surface area (Å²) in [6.45, 7) is 0.448. The second kappa shape index (κ2) is 8.03. The van der Waals surface area contributed by atoms with Crippen LogP contribution < -0.4 is 4.74 Å². The van der Waals surface area contributed by atoms with Crippen LogP contribution in [0.15, 0.2) is 42.7 Å². The molecule has 0 aliphatic rings. The fourth-order valence-electron chi connectivity index (χ4n) is 1.74. The van der Waals surface area contributed by atoms with Gasteiger partial charge in [-0.15, -0.1) is 0 Å². The Labute approximate surface area is 123 Å². The van der Waals surface area contributed by atoms with Crippen LogP contribution in [-0.4, -0.2) is 23.3 Å². The number of aliphatic hydroxyl groups excluding tert-OH is 1. The zero-order valence-electron chi connectivity index (χ0n) is 11.6. The average molecular weight is 285 g/mol. The number of nitrogens with zero attached hydrogens (tertiary/aromatic N) is 1. The monoisotopic (exact) mass is 285 g/mol. The van der Waals surface area contributed by atoms with Crippen molar-refractivity contribution < 1.29 is 14.2 Å². The van der Waals surface area contributed by atoms with E-state index in [2.05, 4.69) is 16.8 Å². The zero-order chi connectivity index (χ0) is 14.9. The summed E-state index contributed by atoms with van der Waals surface area (Å²) in [6.07, 6.45) is 4.54. The van der Waals surface area contributed by atoms with Gasteiger partial charge in [-0.25, -0.2) is 4.39 Å². The number of pyridine rings is 1. The number of ether oxygens (including phenoxy) is 1. The Balaban J connectivity index is 1.90. The van der Waals surface area contributed by atoms with Crippen LogP contribution in [0.5, 0.6) is 5.75 Å². The van der Waals surface area contributed by atoms with Gasteiger partial charge in [-0.1, -0.05) is 11.8 Å². The molecule has 3 nitrogen and oxygen atoms in total. The second-order valence-corrected chi connectivity index (χ2v) is 4.37. The molecule has 2 aromatic rings. The first kappa shape index (κ1) is 15.0. The minimum Gasteiger partial charge on any atom is -0.493 e. The van der Waals surface area contributed by atoms with Crippen LogP contribution >= 0.6 is 0 Å². The van der Waals surface area contributed by atoms with Crippen LogP contribution in [0.4, 0.5) is 4.39 Å². The summed E-state index contributed by atoms with van der Waals surface area (Å²) < 4.78 is 19.3. The number of halogens is 1. The normalized spacial score (nSPS) is 9.81. The molecule has 0 atom stereocenters. The van der Waals surface area contributed by atoms with Crippen molar-refractivity contribution in [2.24, 2.45) is 0 Å². The van der Waals surface area contributed by atoms with Gasteiger partial charge in [-0.2, -0.15) is 0 Å². The van der Waals surface area contributed by atoms with Crippen LogP contribution in [-0.2, 0) is 6.42 Å². The SMILES string of the molecule is OCCC#Cc1ccc(OCCc2ccncc2)cc1F. The van der Waals surface area contributed by atoms with Gasteiger partial charge in [0.2, 0.25) is 0 Å². The van der Waals surface area contributed by atoms with Crippen LogP contribution in [0.3, 0.4) is 0 Å². The minimum absolute atomic E-state index is 0.0230. The molecule has 2 rings (SSSR count). The van der Waals surface area contributed by atoms with Gasteiger partial charge >= 0.3 is 0 Å². The van der Waals surface area contributed by atoms with Crippen molar-refractivity contribution in [1.29, 1.82) is 0 Å². The van der Waals surface area contributed by atoms with Crippen molar-refractivity contribution in [2.75, 3.05) is 13.2 Å². The molecule has 0 amide bonds. The van der Waals surface area contributed by atoms with Crippen LogP contribution in [0, 0.1) is 17.7 Å². The summed E-state index contributed by atoms with van der Waals surface area (Å²) in [6, 6.07) is 8.45. The number of aromatic nitrogens is 1. The first-order valence-corrected chi connectivity index (χ1v) is 6.70. The smallest absolute Gasteiger partial charge is 0.142 e. The molecule has 1 heterocycles. The Hall–Kier alpha value is -2.38. The number of hydrogen-bond donors (Lipinski definition) is 1. The quantitative estimate of drug-likeness (QED) is 0.859. The van der Waals surface area contributed by atoms with Crippen molar-refractivity contribution in [3.63, 3.8) is 0 Å². The lowest BCUT2D eigenvalue weighted by Gasteiger charge is -2.06. The van der Waals surface area contributed by atoms with Gasteiger partial charge in [0.25, 0.3) is 0 Å². The van der Waals surface area contributed by atoms with Gasteiger partial charge in [0.15, 0.2) is 0 Å². The average Bonchev–Trinajstić information content (AvgIpc) is 2.51. The Kier molecular flexibility index (Phi) is 5.74. The third-order valence-corrected chi connectivity index (χ3v) is 2.81. The maximum absolute atomic E-state index is 13.8. The van der Waals surface area contributed by atoms with E-state index < -0.39 is 5.82 Å². The molecule has 0 aliphatic carbocycles. The third-order valence-electron chi connectivity index (χ3n) is 2.81. The van der Waals surface area contributed by atoms with Crippen molar-refractivity contribution in [3.05, 3.63) is 59.7 Å². The van der Waals surface area contributed by atoms with Gasteiger partial charge < -0.3 is 9.84 Å².